The number of unbranched alkanes of at least 4 members (excludes halogenated alkanes) is 1. The van der Waals surface area contributed by atoms with Crippen LogP contribution in [0.15, 0.2) is 5.38 Å². The van der Waals surface area contributed by atoms with E-state index in [4.69, 9.17) is 4.74 Å². The van der Waals surface area contributed by atoms with Crippen molar-refractivity contribution in [2.75, 3.05) is 13.2 Å². The largest absolute Gasteiger partial charge is 0.452 e. The molecular weight excluding hydrogens is 316 g/mol. The summed E-state index contributed by atoms with van der Waals surface area (Å²) in [5.41, 5.74) is 1.62. The number of ether oxygens (including phenoxy) is 1. The summed E-state index contributed by atoms with van der Waals surface area (Å²) >= 11 is 1.57. The predicted molar refractivity (Wildman–Crippen MR) is 87.7 cm³/mol. The monoisotopic (exact) mass is 338 g/mol. The number of urea groups is 1. The molecule has 0 spiro atoms. The summed E-state index contributed by atoms with van der Waals surface area (Å²) in [5.74, 6) is -1.12. The molecule has 0 atom stereocenters. The number of fused-ring (bicyclic) bond motifs is 1. The van der Waals surface area contributed by atoms with Crippen LogP contribution in [-0.2, 0) is 22.4 Å². The second-order valence-electron chi connectivity index (χ2n) is 5.49. The van der Waals surface area contributed by atoms with Gasteiger partial charge in [0.2, 0.25) is 0 Å². The molecule has 1 aromatic heterocycles. The molecule has 2 rings (SSSR count). The standard InChI is InChI=1S/C16H22N2O4S/c1-2-3-8-17-16(21)18-14(19)9-22-15(20)12-10-23-13-7-5-4-6-11(12)13/h10H,2-9H2,1H3,(H2,17,18,19,21). The second-order valence-corrected chi connectivity index (χ2v) is 6.46. The van der Waals surface area contributed by atoms with Gasteiger partial charge in [-0.3, -0.25) is 10.1 Å². The minimum Gasteiger partial charge on any atom is -0.452 e. The van der Waals surface area contributed by atoms with E-state index in [1.807, 2.05) is 6.92 Å². The van der Waals surface area contributed by atoms with Gasteiger partial charge in [0.1, 0.15) is 0 Å². The molecule has 0 saturated heterocycles. The molecule has 3 amide bonds. The average molecular weight is 338 g/mol. The Morgan fingerprint density at radius 1 is 1.26 bits per heavy atom. The van der Waals surface area contributed by atoms with Gasteiger partial charge in [0, 0.05) is 16.8 Å². The van der Waals surface area contributed by atoms with Gasteiger partial charge in [-0.1, -0.05) is 13.3 Å². The summed E-state index contributed by atoms with van der Waals surface area (Å²) in [6.07, 6.45) is 5.91. The third-order valence-corrected chi connectivity index (χ3v) is 4.77. The number of carbonyl (C=O) groups is 3. The molecule has 2 N–H and O–H groups in total. The van der Waals surface area contributed by atoms with Crippen LogP contribution in [0.1, 0.15) is 53.4 Å². The van der Waals surface area contributed by atoms with Crippen LogP contribution in [0.2, 0.25) is 0 Å². The fourth-order valence-corrected chi connectivity index (χ4v) is 3.57. The first-order chi connectivity index (χ1) is 11.1. The lowest BCUT2D eigenvalue weighted by molar-refractivity contribution is -0.123. The maximum atomic E-state index is 12.1. The number of aryl methyl sites for hydroxylation is 1. The van der Waals surface area contributed by atoms with E-state index in [2.05, 4.69) is 10.6 Å². The Balaban J connectivity index is 1.77. The van der Waals surface area contributed by atoms with E-state index in [0.29, 0.717) is 12.1 Å². The minimum atomic E-state index is -0.628. The number of thiophene rings is 1. The number of hydrogen-bond donors (Lipinski definition) is 2. The van der Waals surface area contributed by atoms with Crippen molar-refractivity contribution in [2.24, 2.45) is 0 Å². The van der Waals surface area contributed by atoms with E-state index in [9.17, 15) is 14.4 Å². The highest BCUT2D eigenvalue weighted by molar-refractivity contribution is 7.10. The Morgan fingerprint density at radius 2 is 2.04 bits per heavy atom. The lowest BCUT2D eigenvalue weighted by Gasteiger charge is -2.12. The predicted octanol–water partition coefficient (Wildman–Crippen LogP) is 2.41. The minimum absolute atomic E-state index is 0.454. The van der Waals surface area contributed by atoms with Crippen LogP contribution in [0.5, 0.6) is 0 Å². The lowest BCUT2D eigenvalue weighted by atomic mass is 9.96. The van der Waals surface area contributed by atoms with Gasteiger partial charge in [-0.05, 0) is 37.7 Å². The van der Waals surface area contributed by atoms with Gasteiger partial charge < -0.3 is 10.1 Å². The molecular formula is C16H22N2O4S. The Morgan fingerprint density at radius 3 is 2.83 bits per heavy atom. The van der Waals surface area contributed by atoms with E-state index < -0.39 is 24.5 Å². The fourth-order valence-electron chi connectivity index (χ4n) is 2.46. The first kappa shape index (κ1) is 17.5. The van der Waals surface area contributed by atoms with Gasteiger partial charge in [0.05, 0.1) is 5.56 Å². The molecule has 0 unspecified atom stereocenters. The van der Waals surface area contributed by atoms with Crippen molar-refractivity contribution in [3.63, 3.8) is 0 Å². The van der Waals surface area contributed by atoms with Gasteiger partial charge in [0.25, 0.3) is 5.91 Å². The van der Waals surface area contributed by atoms with Gasteiger partial charge in [-0.2, -0.15) is 0 Å². The maximum Gasteiger partial charge on any atom is 0.339 e. The number of carbonyl (C=O) groups excluding carboxylic acids is 3. The average Bonchev–Trinajstić information content (AvgIpc) is 2.97. The molecule has 1 aliphatic rings. The van der Waals surface area contributed by atoms with Crippen molar-refractivity contribution in [3.05, 3.63) is 21.4 Å². The summed E-state index contributed by atoms with van der Waals surface area (Å²) < 4.78 is 5.02. The number of esters is 1. The van der Waals surface area contributed by atoms with Crippen molar-refractivity contribution in [1.82, 2.24) is 10.6 Å². The molecule has 1 aliphatic carbocycles. The number of amides is 3. The summed E-state index contributed by atoms with van der Waals surface area (Å²) in [7, 11) is 0. The molecule has 7 heteroatoms. The first-order valence-corrected chi connectivity index (χ1v) is 8.83. The molecule has 0 bridgehead atoms. The molecule has 1 heterocycles. The smallest absolute Gasteiger partial charge is 0.339 e. The Labute approximate surface area is 139 Å². The summed E-state index contributed by atoms with van der Waals surface area (Å²) in [5, 5.41) is 6.50. The molecule has 0 saturated carbocycles. The molecule has 0 aromatic carbocycles. The van der Waals surface area contributed by atoms with Crippen LogP contribution in [0, 0.1) is 0 Å². The highest BCUT2D eigenvalue weighted by atomic mass is 32.1. The molecule has 0 fully saturated rings. The van der Waals surface area contributed by atoms with Crippen molar-refractivity contribution in [1.29, 1.82) is 0 Å². The highest BCUT2D eigenvalue weighted by Crippen LogP contribution is 2.30. The quantitative estimate of drug-likeness (QED) is 0.616. The number of hydrogen-bond acceptors (Lipinski definition) is 5. The summed E-state index contributed by atoms with van der Waals surface area (Å²) in [6, 6.07) is -0.563. The Kier molecular flexibility index (Phi) is 6.58. The van der Waals surface area contributed by atoms with Crippen LogP contribution < -0.4 is 10.6 Å². The summed E-state index contributed by atoms with van der Waals surface area (Å²) in [6.45, 7) is 2.06. The molecule has 1 aromatic rings. The topological polar surface area (TPSA) is 84.5 Å². The molecule has 6 nitrogen and oxygen atoms in total. The highest BCUT2D eigenvalue weighted by Gasteiger charge is 2.21. The Bertz CT molecular complexity index is 583. The van der Waals surface area contributed by atoms with Crippen LogP contribution in [-0.4, -0.2) is 31.1 Å². The zero-order chi connectivity index (χ0) is 16.7. The normalized spacial score (nSPS) is 13.1. The molecule has 23 heavy (non-hydrogen) atoms. The second kappa shape index (κ2) is 8.67. The van der Waals surface area contributed by atoms with E-state index in [-0.39, 0.29) is 0 Å². The van der Waals surface area contributed by atoms with Gasteiger partial charge >= 0.3 is 12.0 Å². The van der Waals surface area contributed by atoms with Crippen LogP contribution in [0.25, 0.3) is 0 Å². The first-order valence-electron chi connectivity index (χ1n) is 7.95. The van der Waals surface area contributed by atoms with Gasteiger partial charge in [-0.25, -0.2) is 9.59 Å². The van der Waals surface area contributed by atoms with Crippen LogP contribution >= 0.6 is 11.3 Å². The van der Waals surface area contributed by atoms with Crippen molar-refractivity contribution in [2.45, 2.75) is 45.4 Å². The van der Waals surface area contributed by atoms with E-state index in [0.717, 1.165) is 44.1 Å². The van der Waals surface area contributed by atoms with Gasteiger partial charge in [0.15, 0.2) is 6.61 Å². The summed E-state index contributed by atoms with van der Waals surface area (Å²) in [4.78, 5) is 36.3. The lowest BCUT2D eigenvalue weighted by Crippen LogP contribution is -2.41. The third-order valence-electron chi connectivity index (χ3n) is 3.68. The zero-order valence-corrected chi connectivity index (χ0v) is 14.1. The maximum absolute atomic E-state index is 12.1. The SMILES string of the molecule is CCCCNC(=O)NC(=O)COC(=O)c1csc2c1CCCC2. The van der Waals surface area contributed by atoms with Gasteiger partial charge in [-0.15, -0.1) is 11.3 Å². The van der Waals surface area contributed by atoms with Crippen LogP contribution in [0.4, 0.5) is 4.79 Å². The van der Waals surface area contributed by atoms with Crippen molar-refractivity contribution >= 4 is 29.2 Å². The molecule has 0 radical (unpaired) electrons. The number of nitrogens with one attached hydrogen (secondary N) is 2. The number of imide groups is 1. The fraction of sp³-hybridized carbons (Fsp3) is 0.562. The molecule has 0 aliphatic heterocycles. The van der Waals surface area contributed by atoms with Crippen molar-refractivity contribution < 1.29 is 19.1 Å². The molecule has 126 valence electrons. The number of rotatable bonds is 6. The van der Waals surface area contributed by atoms with E-state index in [1.54, 1.807) is 16.7 Å². The van der Waals surface area contributed by atoms with E-state index in [1.165, 1.54) is 4.88 Å². The third kappa shape index (κ3) is 5.06. The zero-order valence-electron chi connectivity index (χ0n) is 13.3. The van der Waals surface area contributed by atoms with Crippen LogP contribution in [0.3, 0.4) is 0 Å². The van der Waals surface area contributed by atoms with E-state index >= 15 is 0 Å². The Hall–Kier alpha value is -1.89. The van der Waals surface area contributed by atoms with Crippen molar-refractivity contribution in [3.8, 4) is 0 Å².